The molecule has 2 aromatic heterocycles. The first kappa shape index (κ1) is 28.2. The van der Waals surface area contributed by atoms with Gasteiger partial charge in [0.1, 0.15) is 30.8 Å². The summed E-state index contributed by atoms with van der Waals surface area (Å²) < 4.78 is 32.6. The number of likely N-dealkylation sites (N-methyl/N-ethyl adjacent to an activating group) is 1. The molecule has 1 aromatic carbocycles. The van der Waals surface area contributed by atoms with Crippen LogP contribution in [0.5, 0.6) is 5.75 Å². The van der Waals surface area contributed by atoms with Gasteiger partial charge in [-0.1, -0.05) is 11.6 Å². The minimum absolute atomic E-state index is 0.0417. The van der Waals surface area contributed by atoms with Gasteiger partial charge in [-0.05, 0) is 46.0 Å². The molecular formula is C25H29ClF2N6O3. The van der Waals surface area contributed by atoms with E-state index in [4.69, 9.17) is 21.7 Å². The minimum Gasteiger partial charge on any atom is -0.512 e. The molecule has 0 aliphatic rings. The highest BCUT2D eigenvalue weighted by Crippen LogP contribution is 2.35. The summed E-state index contributed by atoms with van der Waals surface area (Å²) in [5.74, 6) is 0.480. The van der Waals surface area contributed by atoms with Gasteiger partial charge >= 0.3 is 0 Å². The van der Waals surface area contributed by atoms with Gasteiger partial charge in [0.25, 0.3) is 6.43 Å². The third kappa shape index (κ3) is 6.88. The van der Waals surface area contributed by atoms with Crippen molar-refractivity contribution in [1.82, 2.24) is 25.1 Å². The molecule has 0 radical (unpaired) electrons. The van der Waals surface area contributed by atoms with Crippen LogP contribution in [0.3, 0.4) is 0 Å². The molecule has 3 rings (SSSR count). The number of rotatable bonds is 11. The highest BCUT2D eigenvalue weighted by atomic mass is 35.5. The van der Waals surface area contributed by atoms with Crippen molar-refractivity contribution < 1.29 is 23.7 Å². The molecule has 3 aromatic rings. The van der Waals surface area contributed by atoms with Gasteiger partial charge in [-0.25, -0.2) is 18.7 Å². The number of nitrogens with zero attached hydrogens (tertiary/aromatic N) is 4. The number of hydrogen-bond donors (Lipinski definition) is 4. The fraction of sp³-hybridized carbons (Fsp3) is 0.360. The Hall–Kier alpha value is -3.41. The summed E-state index contributed by atoms with van der Waals surface area (Å²) in [4.78, 5) is 9.30. The molecule has 0 saturated carbocycles. The Bertz CT molecular complexity index is 1310. The summed E-state index contributed by atoms with van der Waals surface area (Å²) >= 11 is 6.50. The molecule has 0 aliphatic heterocycles. The Balaban J connectivity index is 2.18. The Morgan fingerprint density at radius 1 is 1.27 bits per heavy atom. The number of aliphatic hydroxyl groups is 2. The molecule has 4 N–H and O–H groups in total. The summed E-state index contributed by atoms with van der Waals surface area (Å²) in [5, 5.41) is 35.7. The van der Waals surface area contributed by atoms with Gasteiger partial charge in [0, 0.05) is 35.1 Å². The summed E-state index contributed by atoms with van der Waals surface area (Å²) in [6.45, 7) is 4.51. The van der Waals surface area contributed by atoms with E-state index < -0.39 is 19.1 Å². The Morgan fingerprint density at radius 3 is 2.62 bits per heavy atom. The van der Waals surface area contributed by atoms with E-state index in [1.165, 1.54) is 26.2 Å². The van der Waals surface area contributed by atoms with Crippen molar-refractivity contribution >= 4 is 22.9 Å². The van der Waals surface area contributed by atoms with Crippen molar-refractivity contribution in [3.05, 3.63) is 52.6 Å². The van der Waals surface area contributed by atoms with E-state index in [-0.39, 0.29) is 29.5 Å². The maximum absolute atomic E-state index is 12.9. The Labute approximate surface area is 218 Å². The zero-order chi connectivity index (χ0) is 27.3. The first-order valence-electron chi connectivity index (χ1n) is 11.4. The average molecular weight is 535 g/mol. The van der Waals surface area contributed by atoms with Gasteiger partial charge in [-0.15, -0.1) is 0 Å². The van der Waals surface area contributed by atoms with E-state index in [2.05, 4.69) is 20.4 Å². The number of nitrogens with one attached hydrogen (secondary N) is 2. The molecular weight excluding hydrogens is 506 g/mol. The van der Waals surface area contributed by atoms with Crippen LogP contribution in [0.1, 0.15) is 25.1 Å². The third-order valence-electron chi connectivity index (χ3n) is 5.41. The highest BCUT2D eigenvalue weighted by Gasteiger charge is 2.22. The smallest absolute Gasteiger partial charge is 0.257 e. The van der Waals surface area contributed by atoms with Crippen molar-refractivity contribution in [1.29, 1.82) is 5.41 Å². The monoisotopic (exact) mass is 534 g/mol. The first-order chi connectivity index (χ1) is 17.5. The standard InChI is InChI=1S/C25H29ClF2N6O3/c1-13-23(16-8-31-34(10-16)11-21(27)28)32-25(33-24(13)22(14(2)29)15(3)35)19-7-18(5-6-20(19)26)37-12-17(36)9-30-4/h5-8,10,17,21,29-30,35-36H,9,11-12H2,1-4H3/b22-15+,29-14?/t17-/m1/s1. The van der Waals surface area contributed by atoms with Crippen LogP contribution in [-0.4, -0.2) is 68.4 Å². The summed E-state index contributed by atoms with van der Waals surface area (Å²) in [6.07, 6.45) is -0.433. The van der Waals surface area contributed by atoms with E-state index >= 15 is 0 Å². The first-order valence-corrected chi connectivity index (χ1v) is 11.8. The number of aromatic nitrogens is 4. The lowest BCUT2D eigenvalue weighted by Crippen LogP contribution is -2.29. The van der Waals surface area contributed by atoms with Crippen LogP contribution in [-0.2, 0) is 6.54 Å². The molecule has 1 atom stereocenters. The SMILES string of the molecule is CNC[C@@H](O)COc1ccc(Cl)c(-c2nc(/C(C(C)=N)=C(\C)O)c(C)c(-c3cnn(CC(F)F)c3)n2)c1. The molecule has 9 nitrogen and oxygen atoms in total. The number of aliphatic hydroxyl groups excluding tert-OH is 2. The van der Waals surface area contributed by atoms with Crippen molar-refractivity contribution in [2.24, 2.45) is 0 Å². The lowest BCUT2D eigenvalue weighted by atomic mass is 9.98. The second-order valence-corrected chi connectivity index (χ2v) is 8.87. The van der Waals surface area contributed by atoms with Crippen LogP contribution in [0.2, 0.25) is 5.02 Å². The Morgan fingerprint density at radius 2 is 2.00 bits per heavy atom. The van der Waals surface area contributed by atoms with Gasteiger partial charge in [0.2, 0.25) is 0 Å². The zero-order valence-electron chi connectivity index (χ0n) is 20.9. The molecule has 2 heterocycles. The predicted molar refractivity (Wildman–Crippen MR) is 138 cm³/mol. The highest BCUT2D eigenvalue weighted by molar-refractivity contribution is 6.33. The number of benzene rings is 1. The quantitative estimate of drug-likeness (QED) is 0.210. The molecule has 0 aliphatic carbocycles. The van der Waals surface area contributed by atoms with Gasteiger partial charge in [-0.3, -0.25) is 4.68 Å². The minimum atomic E-state index is -2.58. The van der Waals surface area contributed by atoms with Crippen LogP contribution >= 0.6 is 11.6 Å². The number of hydrogen-bond acceptors (Lipinski definition) is 8. The predicted octanol–water partition coefficient (Wildman–Crippen LogP) is 4.52. The van der Waals surface area contributed by atoms with Gasteiger partial charge in [0.05, 0.1) is 28.2 Å². The fourth-order valence-electron chi connectivity index (χ4n) is 3.76. The van der Waals surface area contributed by atoms with E-state index in [0.29, 0.717) is 45.4 Å². The molecule has 0 bridgehead atoms. The topological polar surface area (TPSA) is 129 Å². The van der Waals surface area contributed by atoms with Crippen molar-refractivity contribution in [3.8, 4) is 28.4 Å². The molecule has 37 heavy (non-hydrogen) atoms. The van der Waals surface area contributed by atoms with Crippen LogP contribution in [0.25, 0.3) is 28.2 Å². The van der Waals surface area contributed by atoms with Crippen molar-refractivity contribution in [2.45, 2.75) is 39.8 Å². The van der Waals surface area contributed by atoms with Gasteiger partial charge in [-0.2, -0.15) is 5.10 Å². The van der Waals surface area contributed by atoms with Crippen LogP contribution in [0.4, 0.5) is 8.78 Å². The van der Waals surface area contributed by atoms with Gasteiger partial charge < -0.3 is 25.7 Å². The molecule has 0 saturated heterocycles. The average Bonchev–Trinajstić information content (AvgIpc) is 3.27. The van der Waals surface area contributed by atoms with Crippen molar-refractivity contribution in [3.63, 3.8) is 0 Å². The molecule has 0 unspecified atom stereocenters. The lowest BCUT2D eigenvalue weighted by molar-refractivity contribution is 0.108. The van der Waals surface area contributed by atoms with E-state index in [1.54, 1.807) is 32.2 Å². The van der Waals surface area contributed by atoms with Crippen LogP contribution < -0.4 is 10.1 Å². The fourth-order valence-corrected chi connectivity index (χ4v) is 3.96. The maximum Gasteiger partial charge on any atom is 0.257 e. The van der Waals surface area contributed by atoms with Crippen LogP contribution in [0, 0.1) is 12.3 Å². The molecule has 0 amide bonds. The summed E-state index contributed by atoms with van der Waals surface area (Å²) in [6, 6.07) is 4.88. The number of ether oxygens (including phenoxy) is 1. The second-order valence-electron chi connectivity index (χ2n) is 8.46. The van der Waals surface area contributed by atoms with Crippen LogP contribution in [0.15, 0.2) is 36.4 Å². The molecule has 198 valence electrons. The third-order valence-corrected chi connectivity index (χ3v) is 5.74. The summed E-state index contributed by atoms with van der Waals surface area (Å²) in [5.41, 5.74) is 2.35. The number of alkyl halides is 2. The number of allylic oxidation sites excluding steroid dienone is 2. The number of halogens is 3. The molecule has 0 spiro atoms. The summed E-state index contributed by atoms with van der Waals surface area (Å²) in [7, 11) is 1.72. The Kier molecular flexibility index (Phi) is 9.30. The zero-order valence-corrected chi connectivity index (χ0v) is 21.6. The largest absolute Gasteiger partial charge is 0.512 e. The van der Waals surface area contributed by atoms with E-state index in [1.807, 2.05) is 0 Å². The van der Waals surface area contributed by atoms with E-state index in [0.717, 1.165) is 4.68 Å². The van der Waals surface area contributed by atoms with E-state index in [9.17, 15) is 19.0 Å². The van der Waals surface area contributed by atoms with Crippen molar-refractivity contribution in [2.75, 3.05) is 20.2 Å². The maximum atomic E-state index is 12.9. The van der Waals surface area contributed by atoms with Gasteiger partial charge in [0.15, 0.2) is 5.82 Å². The molecule has 12 heteroatoms. The second kappa shape index (κ2) is 12.2. The lowest BCUT2D eigenvalue weighted by Gasteiger charge is -2.16. The normalized spacial score (nSPS) is 13.0. The molecule has 0 fully saturated rings.